The van der Waals surface area contributed by atoms with Crippen LogP contribution in [0, 0.1) is 0 Å². The van der Waals surface area contributed by atoms with Gasteiger partial charge in [-0.15, -0.1) is 0 Å². The van der Waals surface area contributed by atoms with Gasteiger partial charge in [-0.05, 0) is 31.0 Å². The highest BCUT2D eigenvalue weighted by Gasteiger charge is 2.24. The van der Waals surface area contributed by atoms with Gasteiger partial charge in [0.25, 0.3) is 0 Å². The lowest BCUT2D eigenvalue weighted by molar-refractivity contribution is 0.424. The highest BCUT2D eigenvalue weighted by atomic mass is 32.2. The first-order chi connectivity index (χ1) is 8.10. The Morgan fingerprint density at radius 3 is 2.29 bits per heavy atom. The van der Waals surface area contributed by atoms with E-state index in [-0.39, 0.29) is 0 Å². The first kappa shape index (κ1) is 12.4. The largest absolute Gasteiger partial charge is 0.399 e. The predicted molar refractivity (Wildman–Crippen MR) is 68.1 cm³/mol. The molecular weight excluding hydrogens is 236 g/mol. The molecule has 4 nitrogen and oxygen atoms in total. The molecule has 2 rings (SSSR count). The van der Waals surface area contributed by atoms with Crippen LogP contribution in [-0.4, -0.2) is 25.8 Å². The molecule has 0 saturated carbocycles. The lowest BCUT2D eigenvalue weighted by atomic mass is 10.2. The number of nitrogens with two attached hydrogens (primary N) is 1. The van der Waals surface area contributed by atoms with Gasteiger partial charge in [-0.3, -0.25) is 0 Å². The van der Waals surface area contributed by atoms with Crippen LogP contribution in [0.1, 0.15) is 25.7 Å². The molecule has 1 aliphatic rings. The maximum absolute atomic E-state index is 12.4. The molecule has 0 bridgehead atoms. The average Bonchev–Trinajstić information content (AvgIpc) is 2.58. The normalized spacial score (nSPS) is 18.8. The van der Waals surface area contributed by atoms with Gasteiger partial charge in [0.2, 0.25) is 10.0 Å². The molecule has 1 fully saturated rings. The van der Waals surface area contributed by atoms with Crippen molar-refractivity contribution in [2.45, 2.75) is 30.6 Å². The van der Waals surface area contributed by atoms with Crippen LogP contribution < -0.4 is 5.73 Å². The third-order valence-corrected chi connectivity index (χ3v) is 4.96. The van der Waals surface area contributed by atoms with Crippen LogP contribution in [0.15, 0.2) is 29.2 Å². The zero-order chi connectivity index (χ0) is 12.3. The number of anilines is 1. The molecule has 1 aliphatic heterocycles. The second-order valence-electron chi connectivity index (χ2n) is 4.39. The fourth-order valence-corrected chi connectivity index (χ4v) is 3.68. The van der Waals surface area contributed by atoms with Gasteiger partial charge in [-0.1, -0.05) is 18.9 Å². The van der Waals surface area contributed by atoms with E-state index in [9.17, 15) is 8.42 Å². The summed E-state index contributed by atoms with van der Waals surface area (Å²) in [6, 6.07) is 6.51. The number of sulfonamides is 1. The first-order valence-corrected chi connectivity index (χ1v) is 7.40. The number of nitrogens with zero attached hydrogens (tertiary/aromatic N) is 1. The monoisotopic (exact) mass is 254 g/mol. The van der Waals surface area contributed by atoms with Crippen LogP contribution in [0.5, 0.6) is 0 Å². The van der Waals surface area contributed by atoms with Gasteiger partial charge in [0.15, 0.2) is 0 Å². The molecule has 94 valence electrons. The molecule has 1 aromatic rings. The lowest BCUT2D eigenvalue weighted by Crippen LogP contribution is -2.31. The minimum atomic E-state index is -3.35. The molecule has 2 N–H and O–H groups in total. The van der Waals surface area contributed by atoms with E-state index in [4.69, 9.17) is 5.73 Å². The highest BCUT2D eigenvalue weighted by molar-refractivity contribution is 7.89. The summed E-state index contributed by atoms with van der Waals surface area (Å²) in [7, 11) is -3.35. The van der Waals surface area contributed by atoms with E-state index in [1.807, 2.05) is 0 Å². The number of rotatable bonds is 2. The van der Waals surface area contributed by atoms with Crippen molar-refractivity contribution in [2.75, 3.05) is 18.8 Å². The third-order valence-electron chi connectivity index (χ3n) is 3.06. The topological polar surface area (TPSA) is 63.4 Å². The van der Waals surface area contributed by atoms with E-state index in [0.717, 1.165) is 25.7 Å². The molecule has 1 saturated heterocycles. The molecule has 17 heavy (non-hydrogen) atoms. The van der Waals surface area contributed by atoms with Gasteiger partial charge in [-0.2, -0.15) is 4.31 Å². The quantitative estimate of drug-likeness (QED) is 0.819. The Balaban J connectivity index is 2.28. The van der Waals surface area contributed by atoms with Gasteiger partial charge >= 0.3 is 0 Å². The van der Waals surface area contributed by atoms with Crippen LogP contribution in [0.4, 0.5) is 5.69 Å². The van der Waals surface area contributed by atoms with Crippen molar-refractivity contribution in [3.63, 3.8) is 0 Å². The Labute approximate surface area is 102 Å². The zero-order valence-corrected chi connectivity index (χ0v) is 10.6. The molecule has 0 atom stereocenters. The summed E-state index contributed by atoms with van der Waals surface area (Å²) in [4.78, 5) is 0.305. The van der Waals surface area contributed by atoms with E-state index < -0.39 is 10.0 Å². The summed E-state index contributed by atoms with van der Waals surface area (Å²) < 4.78 is 26.3. The average molecular weight is 254 g/mol. The Kier molecular flexibility index (Phi) is 3.69. The second-order valence-corrected chi connectivity index (χ2v) is 6.33. The molecule has 0 amide bonds. The Hall–Kier alpha value is -1.07. The Bertz CT molecular complexity index is 477. The van der Waals surface area contributed by atoms with Gasteiger partial charge in [0.1, 0.15) is 0 Å². The van der Waals surface area contributed by atoms with Crippen molar-refractivity contribution in [3.05, 3.63) is 24.3 Å². The molecule has 0 aromatic heterocycles. The number of benzene rings is 1. The molecule has 0 aliphatic carbocycles. The summed E-state index contributed by atoms with van der Waals surface area (Å²) >= 11 is 0. The van der Waals surface area contributed by atoms with Crippen LogP contribution in [0.2, 0.25) is 0 Å². The Morgan fingerprint density at radius 1 is 1.06 bits per heavy atom. The van der Waals surface area contributed by atoms with Gasteiger partial charge in [0.05, 0.1) is 4.90 Å². The van der Waals surface area contributed by atoms with Crippen molar-refractivity contribution < 1.29 is 8.42 Å². The highest BCUT2D eigenvalue weighted by Crippen LogP contribution is 2.21. The molecule has 1 heterocycles. The maximum atomic E-state index is 12.4. The minimum Gasteiger partial charge on any atom is -0.399 e. The number of nitrogen functional groups attached to an aromatic ring is 1. The van der Waals surface area contributed by atoms with Crippen molar-refractivity contribution in [1.82, 2.24) is 4.31 Å². The summed E-state index contributed by atoms with van der Waals surface area (Å²) in [5.74, 6) is 0. The lowest BCUT2D eigenvalue weighted by Gasteiger charge is -2.19. The van der Waals surface area contributed by atoms with Crippen LogP contribution >= 0.6 is 0 Å². The summed E-state index contributed by atoms with van der Waals surface area (Å²) in [5.41, 5.74) is 6.12. The summed E-state index contributed by atoms with van der Waals surface area (Å²) in [6.45, 7) is 1.24. The Morgan fingerprint density at radius 2 is 1.71 bits per heavy atom. The van der Waals surface area contributed by atoms with Crippen molar-refractivity contribution >= 4 is 15.7 Å². The smallest absolute Gasteiger partial charge is 0.243 e. The van der Waals surface area contributed by atoms with Gasteiger partial charge < -0.3 is 5.73 Å². The standard InChI is InChI=1S/C12H18N2O2S/c13-11-6-5-7-12(10-11)17(15,16)14-8-3-1-2-4-9-14/h5-7,10H,1-4,8-9,13H2. The molecule has 0 spiro atoms. The van der Waals surface area contributed by atoms with Crippen molar-refractivity contribution in [3.8, 4) is 0 Å². The van der Waals surface area contributed by atoms with E-state index in [2.05, 4.69) is 0 Å². The van der Waals surface area contributed by atoms with Gasteiger partial charge in [-0.25, -0.2) is 8.42 Å². The van der Waals surface area contributed by atoms with E-state index in [1.54, 1.807) is 22.5 Å². The number of hydrogen-bond acceptors (Lipinski definition) is 3. The fourth-order valence-electron chi connectivity index (χ4n) is 2.11. The molecule has 1 aromatic carbocycles. The fraction of sp³-hybridized carbons (Fsp3) is 0.500. The molecule has 0 radical (unpaired) electrons. The second kappa shape index (κ2) is 5.06. The van der Waals surface area contributed by atoms with E-state index in [1.165, 1.54) is 6.07 Å². The predicted octanol–water partition coefficient (Wildman–Crippen LogP) is 1.83. The zero-order valence-electron chi connectivity index (χ0n) is 9.80. The third kappa shape index (κ3) is 2.79. The van der Waals surface area contributed by atoms with Gasteiger partial charge in [0, 0.05) is 18.8 Å². The minimum absolute atomic E-state index is 0.305. The molecule has 0 unspecified atom stereocenters. The van der Waals surface area contributed by atoms with E-state index in [0.29, 0.717) is 23.7 Å². The maximum Gasteiger partial charge on any atom is 0.243 e. The molecular formula is C12H18N2O2S. The summed E-state index contributed by atoms with van der Waals surface area (Å²) in [5, 5.41) is 0. The molecule has 5 heteroatoms. The van der Waals surface area contributed by atoms with Crippen molar-refractivity contribution in [2.24, 2.45) is 0 Å². The number of hydrogen-bond donors (Lipinski definition) is 1. The summed E-state index contributed by atoms with van der Waals surface area (Å²) in [6.07, 6.45) is 4.12. The van der Waals surface area contributed by atoms with E-state index >= 15 is 0 Å². The van der Waals surface area contributed by atoms with Crippen LogP contribution in [0.3, 0.4) is 0 Å². The van der Waals surface area contributed by atoms with Crippen LogP contribution in [-0.2, 0) is 10.0 Å². The van der Waals surface area contributed by atoms with Crippen LogP contribution in [0.25, 0.3) is 0 Å². The van der Waals surface area contributed by atoms with Crippen molar-refractivity contribution in [1.29, 1.82) is 0 Å². The SMILES string of the molecule is Nc1cccc(S(=O)(=O)N2CCCCCC2)c1. The first-order valence-electron chi connectivity index (χ1n) is 5.96.